The largest absolute Gasteiger partial charge is 0.494 e. The quantitative estimate of drug-likeness (QED) is 0.151. The highest BCUT2D eigenvalue weighted by molar-refractivity contribution is 5.80. The molecule has 0 N–H and O–H groups in total. The van der Waals surface area contributed by atoms with Crippen LogP contribution in [-0.2, 0) is 34.8 Å². The Kier molecular flexibility index (Phi) is 10.4. The van der Waals surface area contributed by atoms with Gasteiger partial charge in [-0.05, 0) is 73.5 Å². The summed E-state index contributed by atoms with van der Waals surface area (Å²) in [5.41, 5.74) is -1.92. The lowest BCUT2D eigenvalue weighted by Gasteiger charge is -2.29. The molecule has 0 aromatic heterocycles. The lowest BCUT2D eigenvalue weighted by Crippen LogP contribution is -2.45. The Balaban J connectivity index is 1.36. The number of nitrogens with zero attached hydrogens (tertiary/aromatic N) is 2. The molecule has 7 nitrogen and oxygen atoms in total. The molecule has 3 aromatic rings. The van der Waals surface area contributed by atoms with E-state index in [9.17, 15) is 35.9 Å². The van der Waals surface area contributed by atoms with Crippen LogP contribution in [-0.4, -0.2) is 60.2 Å². The Morgan fingerprint density at radius 1 is 0.870 bits per heavy atom. The van der Waals surface area contributed by atoms with Crippen molar-refractivity contribution in [1.29, 1.82) is 0 Å². The van der Waals surface area contributed by atoms with Crippen molar-refractivity contribution in [1.82, 2.24) is 9.80 Å². The van der Waals surface area contributed by atoms with Crippen molar-refractivity contribution in [2.24, 2.45) is 0 Å². The first-order chi connectivity index (χ1) is 21.6. The molecule has 3 aromatic carbocycles. The van der Waals surface area contributed by atoms with Crippen molar-refractivity contribution in [3.8, 4) is 11.5 Å². The maximum absolute atomic E-state index is 13.0. The van der Waals surface area contributed by atoms with Gasteiger partial charge in [0.2, 0.25) is 5.60 Å². The summed E-state index contributed by atoms with van der Waals surface area (Å²) in [6.07, 6.45) is -8.44. The van der Waals surface area contributed by atoms with Crippen LogP contribution in [0.2, 0.25) is 0 Å². The average molecular weight is 653 g/mol. The van der Waals surface area contributed by atoms with E-state index in [1.54, 1.807) is 48.0 Å². The highest BCUT2D eigenvalue weighted by Crippen LogP contribution is 2.33. The molecule has 1 aliphatic rings. The fourth-order valence-electron chi connectivity index (χ4n) is 5.12. The summed E-state index contributed by atoms with van der Waals surface area (Å²) in [6, 6.07) is 15.3. The van der Waals surface area contributed by atoms with Gasteiger partial charge in [0.25, 0.3) is 0 Å². The van der Waals surface area contributed by atoms with Crippen molar-refractivity contribution < 1.29 is 50.1 Å². The van der Waals surface area contributed by atoms with Gasteiger partial charge in [0.15, 0.2) is 0 Å². The fourth-order valence-corrected chi connectivity index (χ4v) is 5.12. The smallest absolute Gasteiger partial charge is 0.416 e. The predicted octanol–water partition coefficient (Wildman–Crippen LogP) is 7.37. The number of rotatable bonds is 12. The summed E-state index contributed by atoms with van der Waals surface area (Å²) in [7, 11) is 1.66. The number of amides is 2. The molecule has 0 saturated carbocycles. The second kappa shape index (κ2) is 13.9. The van der Waals surface area contributed by atoms with E-state index < -0.39 is 35.0 Å². The summed E-state index contributed by atoms with van der Waals surface area (Å²) in [4.78, 5) is 28.8. The van der Waals surface area contributed by atoms with E-state index >= 15 is 0 Å². The van der Waals surface area contributed by atoms with Crippen LogP contribution < -0.4 is 9.47 Å². The maximum atomic E-state index is 13.0. The Morgan fingerprint density at radius 3 is 2.07 bits per heavy atom. The number of esters is 1. The molecule has 0 bridgehead atoms. The first kappa shape index (κ1) is 34.5. The third-order valence-electron chi connectivity index (χ3n) is 7.60. The molecule has 1 heterocycles. The minimum Gasteiger partial charge on any atom is -0.494 e. The molecular weight excluding hydrogens is 618 g/mol. The van der Waals surface area contributed by atoms with Gasteiger partial charge in [-0.15, -0.1) is 0 Å². The molecule has 2 unspecified atom stereocenters. The summed E-state index contributed by atoms with van der Waals surface area (Å²) >= 11 is 0. The van der Waals surface area contributed by atoms with Crippen LogP contribution >= 0.6 is 0 Å². The highest BCUT2D eigenvalue weighted by atomic mass is 19.4. The number of hydrogen-bond donors (Lipinski definition) is 0. The number of carbonyl (C=O) groups excluding carboxylic acids is 2. The normalized spacial score (nSPS) is 16.7. The minimum absolute atomic E-state index is 0.0306. The average Bonchev–Trinajstić information content (AvgIpc) is 3.24. The third-order valence-corrected chi connectivity index (χ3v) is 7.60. The molecule has 2 atom stereocenters. The van der Waals surface area contributed by atoms with E-state index in [1.807, 2.05) is 0 Å². The number of alkyl halides is 6. The molecule has 0 spiro atoms. The number of hydrogen-bond acceptors (Lipinski definition) is 5. The molecule has 46 heavy (non-hydrogen) atoms. The van der Waals surface area contributed by atoms with Gasteiger partial charge in [-0.25, -0.2) is 9.59 Å². The Hall–Kier alpha value is -4.42. The lowest BCUT2D eigenvalue weighted by atomic mass is 9.96. The molecule has 0 aliphatic carbocycles. The number of ether oxygens (including phenoxy) is 3. The van der Waals surface area contributed by atoms with E-state index in [1.165, 1.54) is 19.1 Å². The summed E-state index contributed by atoms with van der Waals surface area (Å²) in [5.74, 6) is -0.124. The molecule has 13 heteroatoms. The number of urea groups is 1. The van der Waals surface area contributed by atoms with Gasteiger partial charge in [-0.3, -0.25) is 0 Å². The number of carbonyl (C=O) groups is 2. The van der Waals surface area contributed by atoms with Crippen molar-refractivity contribution in [2.75, 3.05) is 26.8 Å². The minimum atomic E-state index is -4.51. The van der Waals surface area contributed by atoms with Gasteiger partial charge in [0.1, 0.15) is 11.5 Å². The molecule has 0 radical (unpaired) electrons. The zero-order valence-corrected chi connectivity index (χ0v) is 25.5. The van der Waals surface area contributed by atoms with E-state index in [-0.39, 0.29) is 44.0 Å². The van der Waals surface area contributed by atoms with Gasteiger partial charge in [0.05, 0.1) is 30.4 Å². The van der Waals surface area contributed by atoms with E-state index in [0.29, 0.717) is 29.8 Å². The monoisotopic (exact) mass is 652 g/mol. The van der Waals surface area contributed by atoms with Crippen molar-refractivity contribution in [3.63, 3.8) is 0 Å². The van der Waals surface area contributed by atoms with Gasteiger partial charge in [-0.2, -0.15) is 26.3 Å². The first-order valence-corrected chi connectivity index (χ1v) is 14.5. The molecule has 1 aliphatic heterocycles. The highest BCUT2D eigenvalue weighted by Gasteiger charge is 2.39. The van der Waals surface area contributed by atoms with Crippen molar-refractivity contribution >= 4 is 12.0 Å². The first-order valence-electron chi connectivity index (χ1n) is 14.5. The molecule has 1 fully saturated rings. The zero-order chi connectivity index (χ0) is 33.7. The Morgan fingerprint density at radius 2 is 1.48 bits per heavy atom. The molecule has 2 amide bonds. The van der Waals surface area contributed by atoms with Crippen LogP contribution in [0, 0.1) is 0 Å². The second-order valence-corrected chi connectivity index (χ2v) is 11.2. The lowest BCUT2D eigenvalue weighted by molar-refractivity contribution is -0.160. The van der Waals surface area contributed by atoms with E-state index in [2.05, 4.69) is 0 Å². The van der Waals surface area contributed by atoms with Crippen LogP contribution in [0.5, 0.6) is 11.5 Å². The number of halogens is 6. The fraction of sp³-hybridized carbons (Fsp3) is 0.394. The Labute approximate surface area is 262 Å². The summed E-state index contributed by atoms with van der Waals surface area (Å²) in [6.45, 7) is 4.01. The molecule has 1 saturated heterocycles. The van der Waals surface area contributed by atoms with Crippen LogP contribution in [0.4, 0.5) is 31.1 Å². The standard InChI is InChI=1S/C33H34F6N2O5/c1-4-44-29(42)31(2,46-27-14-12-25(13-15-27)33(37,38)39)19-23-6-5-7-28(18-23)45-17-16-26-21-41(30(43)40(26)3)20-22-8-10-24(11-9-22)32(34,35)36/h5-15,18,26H,4,16-17,19-21H2,1-3H3. The summed E-state index contributed by atoms with van der Waals surface area (Å²) < 4.78 is 94.6. The maximum Gasteiger partial charge on any atom is 0.416 e. The van der Waals surface area contributed by atoms with Gasteiger partial charge in [0, 0.05) is 33.0 Å². The van der Waals surface area contributed by atoms with Crippen LogP contribution in [0.15, 0.2) is 72.8 Å². The van der Waals surface area contributed by atoms with E-state index in [0.717, 1.165) is 36.4 Å². The topological polar surface area (TPSA) is 68.3 Å². The van der Waals surface area contributed by atoms with E-state index in [4.69, 9.17) is 14.2 Å². The Bertz CT molecular complexity index is 1490. The number of likely N-dealkylation sites (N-methyl/N-ethyl adjacent to an activating group) is 1. The molecule has 248 valence electrons. The number of benzene rings is 3. The second-order valence-electron chi connectivity index (χ2n) is 11.2. The molecule has 4 rings (SSSR count). The third kappa shape index (κ3) is 8.64. The zero-order valence-electron chi connectivity index (χ0n) is 25.5. The van der Waals surface area contributed by atoms with Crippen molar-refractivity contribution in [3.05, 3.63) is 95.1 Å². The van der Waals surface area contributed by atoms with Gasteiger partial charge < -0.3 is 24.0 Å². The van der Waals surface area contributed by atoms with Crippen LogP contribution in [0.3, 0.4) is 0 Å². The van der Waals surface area contributed by atoms with Crippen LogP contribution in [0.1, 0.15) is 42.5 Å². The van der Waals surface area contributed by atoms with Gasteiger partial charge in [-0.1, -0.05) is 24.3 Å². The van der Waals surface area contributed by atoms with Gasteiger partial charge >= 0.3 is 24.4 Å². The van der Waals surface area contributed by atoms with Crippen molar-refractivity contribution in [2.45, 2.75) is 57.2 Å². The molecular formula is C33H34F6N2O5. The summed E-state index contributed by atoms with van der Waals surface area (Å²) in [5, 5.41) is 0. The van der Waals surface area contributed by atoms with Crippen LogP contribution in [0.25, 0.3) is 0 Å². The predicted molar refractivity (Wildman–Crippen MR) is 156 cm³/mol. The SMILES string of the molecule is CCOC(=O)C(C)(Cc1cccc(OCCC2CN(Cc3ccc(C(F)(F)F)cc3)C(=O)N2C)c1)Oc1ccc(C(F)(F)F)cc1.